The second kappa shape index (κ2) is 7.55. The normalized spacial score (nSPS) is 30.9. The monoisotopic (exact) mass is 476 g/mol. The summed E-state index contributed by atoms with van der Waals surface area (Å²) in [6.07, 6.45) is 7.87. The first-order valence-electron chi connectivity index (χ1n) is 13.4. The van der Waals surface area contributed by atoms with Gasteiger partial charge in [-0.3, -0.25) is 9.79 Å². The van der Waals surface area contributed by atoms with Crippen molar-refractivity contribution in [1.29, 1.82) is 0 Å². The molecule has 3 aliphatic carbocycles. The molecule has 0 radical (unpaired) electrons. The molecule has 2 aromatic rings. The lowest BCUT2D eigenvalue weighted by Crippen LogP contribution is -2.34. The number of benzene rings is 2. The summed E-state index contributed by atoms with van der Waals surface area (Å²) in [5.74, 6) is 0.178. The molecule has 2 aromatic carbocycles. The fourth-order valence-corrected chi connectivity index (χ4v) is 7.47. The van der Waals surface area contributed by atoms with Crippen molar-refractivity contribution in [3.8, 4) is 0 Å². The van der Waals surface area contributed by atoms with Crippen molar-refractivity contribution in [3.63, 3.8) is 0 Å². The van der Waals surface area contributed by atoms with E-state index in [1.54, 1.807) is 0 Å². The molecule has 4 heteroatoms. The molecule has 0 aromatic heterocycles. The number of rotatable bonds is 1. The van der Waals surface area contributed by atoms with Crippen LogP contribution in [0.1, 0.15) is 76.3 Å². The summed E-state index contributed by atoms with van der Waals surface area (Å²) in [6, 6.07) is 16.8. The minimum absolute atomic E-state index is 0.00471. The SMILES string of the molecule is CC12CCCC/C(=C3/C(=O)C(C4=C5Nc6ccccc6C5(C)CCCC4)=C3O)C1=Nc1ccccc12. The molecule has 36 heavy (non-hydrogen) atoms. The van der Waals surface area contributed by atoms with Gasteiger partial charge < -0.3 is 10.4 Å². The molecule has 1 saturated carbocycles. The van der Waals surface area contributed by atoms with E-state index in [0.29, 0.717) is 11.1 Å². The topological polar surface area (TPSA) is 61.7 Å². The number of nitrogens with zero attached hydrogens (tertiary/aromatic N) is 1. The Labute approximate surface area is 212 Å². The van der Waals surface area contributed by atoms with Crippen molar-refractivity contribution < 1.29 is 9.90 Å². The van der Waals surface area contributed by atoms with Gasteiger partial charge in [-0.1, -0.05) is 49.2 Å². The van der Waals surface area contributed by atoms with Crippen LogP contribution in [0.4, 0.5) is 11.4 Å². The van der Waals surface area contributed by atoms with Crippen molar-refractivity contribution in [3.05, 3.63) is 93.4 Å². The van der Waals surface area contributed by atoms with Gasteiger partial charge in [-0.25, -0.2) is 0 Å². The van der Waals surface area contributed by atoms with Crippen LogP contribution in [0, 0.1) is 0 Å². The lowest BCUT2D eigenvalue weighted by atomic mass is 9.70. The molecular weight excluding hydrogens is 444 g/mol. The smallest absolute Gasteiger partial charge is 0.201 e. The summed E-state index contributed by atoms with van der Waals surface area (Å²) in [4.78, 5) is 19.0. The molecule has 7 rings (SSSR count). The van der Waals surface area contributed by atoms with E-state index in [-0.39, 0.29) is 22.4 Å². The van der Waals surface area contributed by atoms with E-state index in [2.05, 4.69) is 61.6 Å². The summed E-state index contributed by atoms with van der Waals surface area (Å²) in [7, 11) is 0. The highest BCUT2D eigenvalue weighted by atomic mass is 16.3. The Hall–Kier alpha value is -3.40. The summed E-state index contributed by atoms with van der Waals surface area (Å²) in [5, 5.41) is 15.2. The van der Waals surface area contributed by atoms with Gasteiger partial charge in [0.15, 0.2) is 0 Å². The molecule has 0 saturated heterocycles. The molecule has 2 heterocycles. The van der Waals surface area contributed by atoms with Crippen molar-refractivity contribution in [2.75, 3.05) is 5.32 Å². The van der Waals surface area contributed by atoms with Crippen molar-refractivity contribution >= 4 is 22.9 Å². The predicted octanol–water partition coefficient (Wildman–Crippen LogP) is 7.51. The van der Waals surface area contributed by atoms with E-state index in [0.717, 1.165) is 85.3 Å². The summed E-state index contributed by atoms with van der Waals surface area (Å²) in [6.45, 7) is 4.54. The average molecular weight is 477 g/mol. The third kappa shape index (κ3) is 2.76. The molecule has 0 amide bonds. The third-order valence-electron chi connectivity index (χ3n) is 9.41. The number of carbonyl (C=O) groups excluding carboxylic acids is 1. The standard InChI is InChI=1S/C32H32N2O2/c1-31-17-9-7-11-19(29(31)33-23-15-5-3-13-21(23)31)25-27(35)26(28(25)36)20-12-8-10-18-32(2)22-14-4-6-16-24(22)34-30(20)32/h3-6,13-16,33,35H,7-12,17-18H2,1-2H3/b26-20-. The fourth-order valence-electron chi connectivity index (χ4n) is 7.47. The molecule has 2 unspecified atom stereocenters. The zero-order chi connectivity index (χ0) is 24.7. The first-order chi connectivity index (χ1) is 17.4. The number of ketones is 1. The minimum Gasteiger partial charge on any atom is -0.506 e. The second-order valence-corrected chi connectivity index (χ2v) is 11.5. The summed E-state index contributed by atoms with van der Waals surface area (Å²) >= 11 is 0. The molecule has 182 valence electrons. The molecule has 5 aliphatic rings. The van der Waals surface area contributed by atoms with Crippen LogP contribution in [0.25, 0.3) is 0 Å². The van der Waals surface area contributed by atoms with E-state index in [9.17, 15) is 9.90 Å². The predicted molar refractivity (Wildman–Crippen MR) is 144 cm³/mol. The Balaban J connectivity index is 1.38. The maximum absolute atomic E-state index is 13.9. The second-order valence-electron chi connectivity index (χ2n) is 11.5. The number of Topliss-reactive ketones (excluding diaryl/α,β-unsaturated/α-hetero) is 1. The van der Waals surface area contributed by atoms with Crippen LogP contribution in [0.15, 0.2) is 87.3 Å². The molecule has 0 bridgehead atoms. The highest BCUT2D eigenvalue weighted by Crippen LogP contribution is 2.54. The van der Waals surface area contributed by atoms with Crippen LogP contribution in [-0.2, 0) is 15.6 Å². The van der Waals surface area contributed by atoms with Gasteiger partial charge in [0.25, 0.3) is 0 Å². The Morgan fingerprint density at radius 2 is 1.47 bits per heavy atom. The zero-order valence-electron chi connectivity index (χ0n) is 21.1. The highest BCUT2D eigenvalue weighted by Gasteiger charge is 2.49. The van der Waals surface area contributed by atoms with Crippen LogP contribution in [0.2, 0.25) is 0 Å². The highest BCUT2D eigenvalue weighted by molar-refractivity contribution is 6.27. The molecule has 0 spiro atoms. The van der Waals surface area contributed by atoms with Crippen LogP contribution in [0.3, 0.4) is 0 Å². The Morgan fingerprint density at radius 1 is 0.806 bits per heavy atom. The number of hydrogen-bond donors (Lipinski definition) is 2. The average Bonchev–Trinajstić information content (AvgIpc) is 3.21. The van der Waals surface area contributed by atoms with E-state index in [1.807, 2.05) is 6.07 Å². The van der Waals surface area contributed by atoms with Crippen molar-refractivity contribution in [2.24, 2.45) is 4.99 Å². The number of aliphatic hydroxyl groups is 1. The fraction of sp³-hybridized carbons (Fsp3) is 0.375. The van der Waals surface area contributed by atoms with Crippen LogP contribution in [0.5, 0.6) is 0 Å². The number of allylic oxidation sites excluding steroid dienone is 5. The number of nitrogens with one attached hydrogen (secondary N) is 1. The van der Waals surface area contributed by atoms with Crippen LogP contribution >= 0.6 is 0 Å². The van der Waals surface area contributed by atoms with Gasteiger partial charge in [-0.2, -0.15) is 0 Å². The quantitative estimate of drug-likeness (QED) is 0.419. The lowest BCUT2D eigenvalue weighted by molar-refractivity contribution is -0.113. The van der Waals surface area contributed by atoms with Crippen LogP contribution in [-0.4, -0.2) is 16.6 Å². The number of para-hydroxylation sites is 2. The maximum Gasteiger partial charge on any atom is 0.201 e. The van der Waals surface area contributed by atoms with Gasteiger partial charge in [0.1, 0.15) is 5.76 Å². The summed E-state index contributed by atoms with van der Waals surface area (Å²) < 4.78 is 0. The number of aliphatic hydroxyl groups excluding tert-OH is 1. The summed E-state index contributed by atoms with van der Waals surface area (Å²) in [5.41, 5.74) is 9.41. The maximum atomic E-state index is 13.9. The Bertz CT molecular complexity index is 1470. The van der Waals surface area contributed by atoms with Crippen molar-refractivity contribution in [1.82, 2.24) is 0 Å². The first kappa shape index (κ1) is 21.8. The van der Waals surface area contributed by atoms with E-state index < -0.39 is 0 Å². The van der Waals surface area contributed by atoms with Gasteiger partial charge in [-0.15, -0.1) is 0 Å². The minimum atomic E-state index is -0.205. The number of fused-ring (bicyclic) bond motifs is 6. The van der Waals surface area contributed by atoms with Crippen LogP contribution < -0.4 is 5.32 Å². The number of carbonyl (C=O) groups is 1. The molecule has 4 nitrogen and oxygen atoms in total. The largest absolute Gasteiger partial charge is 0.506 e. The van der Waals surface area contributed by atoms with Gasteiger partial charge in [0, 0.05) is 22.2 Å². The number of hydrogen-bond acceptors (Lipinski definition) is 4. The Kier molecular flexibility index (Phi) is 4.58. The Morgan fingerprint density at radius 3 is 2.25 bits per heavy atom. The van der Waals surface area contributed by atoms with Gasteiger partial charge >= 0.3 is 0 Å². The van der Waals surface area contributed by atoms with Gasteiger partial charge in [-0.05, 0) is 86.8 Å². The van der Waals surface area contributed by atoms with E-state index in [4.69, 9.17) is 4.99 Å². The molecular formula is C32H32N2O2. The zero-order valence-corrected chi connectivity index (χ0v) is 21.1. The van der Waals surface area contributed by atoms with E-state index >= 15 is 0 Å². The first-order valence-corrected chi connectivity index (χ1v) is 13.4. The lowest BCUT2D eigenvalue weighted by Gasteiger charge is -2.32. The van der Waals surface area contributed by atoms with Gasteiger partial charge in [0.2, 0.25) is 5.78 Å². The number of aliphatic imine (C=N–C) groups is 1. The molecule has 1 fully saturated rings. The van der Waals surface area contributed by atoms with E-state index in [1.165, 1.54) is 11.1 Å². The van der Waals surface area contributed by atoms with Gasteiger partial charge in [0.05, 0.1) is 22.5 Å². The molecule has 2 aliphatic heterocycles. The number of anilines is 1. The molecule has 2 atom stereocenters. The molecule has 2 N–H and O–H groups in total. The van der Waals surface area contributed by atoms with Crippen molar-refractivity contribution in [2.45, 2.75) is 76.0 Å². The third-order valence-corrected chi connectivity index (χ3v) is 9.41.